The Kier molecular flexibility index (Phi) is 3.56. The van der Waals surface area contributed by atoms with Gasteiger partial charge in [-0.25, -0.2) is 4.98 Å². The predicted molar refractivity (Wildman–Crippen MR) is 84.4 cm³/mol. The Hall–Kier alpha value is -2.07. The van der Waals surface area contributed by atoms with E-state index in [1.807, 2.05) is 30.3 Å². The maximum Gasteiger partial charge on any atom is 0.118 e. The van der Waals surface area contributed by atoms with Crippen molar-refractivity contribution in [2.45, 2.75) is 12.8 Å². The molecule has 0 aliphatic rings. The molecule has 20 heavy (non-hydrogen) atoms. The Labute approximate surface area is 122 Å². The largest absolute Gasteiger partial charge is 0.497 e. The SMILES string of the molecule is COc1ccc(CCc2nc3ccc(N)cc3s2)cc1. The number of ether oxygens (including phenoxy) is 1. The molecule has 102 valence electrons. The number of nitrogens with two attached hydrogens (primary N) is 1. The number of hydrogen-bond acceptors (Lipinski definition) is 4. The van der Waals surface area contributed by atoms with Gasteiger partial charge in [-0.2, -0.15) is 0 Å². The van der Waals surface area contributed by atoms with Crippen molar-refractivity contribution in [1.29, 1.82) is 0 Å². The van der Waals surface area contributed by atoms with E-state index in [1.54, 1.807) is 18.4 Å². The molecule has 1 aromatic heterocycles. The fraction of sp³-hybridized carbons (Fsp3) is 0.188. The highest BCUT2D eigenvalue weighted by Gasteiger charge is 2.04. The highest BCUT2D eigenvalue weighted by molar-refractivity contribution is 7.18. The van der Waals surface area contributed by atoms with Gasteiger partial charge in [0, 0.05) is 12.1 Å². The molecule has 0 aliphatic carbocycles. The molecule has 0 saturated carbocycles. The van der Waals surface area contributed by atoms with Gasteiger partial charge in [-0.05, 0) is 42.3 Å². The summed E-state index contributed by atoms with van der Waals surface area (Å²) in [5, 5.41) is 1.15. The molecule has 2 aromatic carbocycles. The second-order valence-corrected chi connectivity index (χ2v) is 5.80. The van der Waals surface area contributed by atoms with Crippen LogP contribution in [-0.4, -0.2) is 12.1 Å². The van der Waals surface area contributed by atoms with Gasteiger partial charge >= 0.3 is 0 Å². The lowest BCUT2D eigenvalue weighted by molar-refractivity contribution is 0.414. The zero-order valence-electron chi connectivity index (χ0n) is 11.3. The molecular formula is C16H16N2OS. The second kappa shape index (κ2) is 5.51. The topological polar surface area (TPSA) is 48.1 Å². The second-order valence-electron chi connectivity index (χ2n) is 4.68. The molecule has 1 heterocycles. The molecule has 3 rings (SSSR count). The van der Waals surface area contributed by atoms with Gasteiger partial charge in [-0.1, -0.05) is 12.1 Å². The van der Waals surface area contributed by atoms with Gasteiger partial charge in [-0.3, -0.25) is 0 Å². The molecule has 2 N–H and O–H groups in total. The van der Waals surface area contributed by atoms with E-state index in [1.165, 1.54) is 5.56 Å². The van der Waals surface area contributed by atoms with Crippen LogP contribution in [-0.2, 0) is 12.8 Å². The van der Waals surface area contributed by atoms with Crippen molar-refractivity contribution in [3.05, 3.63) is 53.0 Å². The quantitative estimate of drug-likeness (QED) is 0.744. The van der Waals surface area contributed by atoms with E-state index >= 15 is 0 Å². The van der Waals surface area contributed by atoms with Crippen LogP contribution in [0, 0.1) is 0 Å². The predicted octanol–water partition coefficient (Wildman–Crippen LogP) is 3.67. The average molecular weight is 284 g/mol. The summed E-state index contributed by atoms with van der Waals surface area (Å²) in [6.45, 7) is 0. The van der Waals surface area contributed by atoms with Crippen LogP contribution in [0.3, 0.4) is 0 Å². The summed E-state index contributed by atoms with van der Waals surface area (Å²) in [7, 11) is 1.68. The zero-order chi connectivity index (χ0) is 13.9. The highest BCUT2D eigenvalue weighted by atomic mass is 32.1. The van der Waals surface area contributed by atoms with E-state index in [2.05, 4.69) is 17.1 Å². The number of anilines is 1. The molecular weight excluding hydrogens is 268 g/mol. The Bertz CT molecular complexity index is 719. The molecule has 0 spiro atoms. The number of fused-ring (bicyclic) bond motifs is 1. The Balaban J connectivity index is 1.72. The third kappa shape index (κ3) is 2.75. The fourth-order valence-corrected chi connectivity index (χ4v) is 3.15. The fourth-order valence-electron chi connectivity index (χ4n) is 2.14. The lowest BCUT2D eigenvalue weighted by atomic mass is 10.1. The van der Waals surface area contributed by atoms with Crippen LogP contribution in [0.15, 0.2) is 42.5 Å². The van der Waals surface area contributed by atoms with Crippen LogP contribution in [0.4, 0.5) is 5.69 Å². The van der Waals surface area contributed by atoms with Gasteiger partial charge in [-0.15, -0.1) is 11.3 Å². The summed E-state index contributed by atoms with van der Waals surface area (Å²) in [4.78, 5) is 4.64. The number of thiazole rings is 1. The molecule has 0 unspecified atom stereocenters. The lowest BCUT2D eigenvalue weighted by Gasteiger charge is -2.02. The number of hydrogen-bond donors (Lipinski definition) is 1. The molecule has 0 bridgehead atoms. The van der Waals surface area contributed by atoms with Crippen LogP contribution >= 0.6 is 11.3 Å². The first-order chi connectivity index (χ1) is 9.74. The van der Waals surface area contributed by atoms with E-state index in [0.29, 0.717) is 0 Å². The first-order valence-corrected chi connectivity index (χ1v) is 7.34. The Morgan fingerprint density at radius 3 is 2.65 bits per heavy atom. The molecule has 4 heteroatoms. The molecule has 3 nitrogen and oxygen atoms in total. The van der Waals surface area contributed by atoms with Crippen molar-refractivity contribution in [2.75, 3.05) is 12.8 Å². The maximum atomic E-state index is 5.79. The molecule has 0 saturated heterocycles. The Morgan fingerprint density at radius 1 is 1.10 bits per heavy atom. The van der Waals surface area contributed by atoms with Crippen LogP contribution < -0.4 is 10.5 Å². The number of rotatable bonds is 4. The summed E-state index contributed by atoms with van der Waals surface area (Å²) < 4.78 is 6.32. The first kappa shape index (κ1) is 12.9. The number of nitrogen functional groups attached to an aromatic ring is 1. The lowest BCUT2D eigenvalue weighted by Crippen LogP contribution is -1.91. The van der Waals surface area contributed by atoms with E-state index in [4.69, 9.17) is 10.5 Å². The van der Waals surface area contributed by atoms with E-state index in [9.17, 15) is 0 Å². The molecule has 0 atom stereocenters. The van der Waals surface area contributed by atoms with Gasteiger partial charge in [0.25, 0.3) is 0 Å². The molecule has 0 radical (unpaired) electrons. The van der Waals surface area contributed by atoms with Gasteiger partial charge in [0.2, 0.25) is 0 Å². The third-order valence-electron chi connectivity index (χ3n) is 3.24. The summed E-state index contributed by atoms with van der Waals surface area (Å²) in [6, 6.07) is 14.1. The van der Waals surface area contributed by atoms with E-state index < -0.39 is 0 Å². The van der Waals surface area contributed by atoms with Crippen molar-refractivity contribution >= 4 is 27.2 Å². The van der Waals surface area contributed by atoms with Crippen molar-refractivity contribution in [3.63, 3.8) is 0 Å². The van der Waals surface area contributed by atoms with Gasteiger partial charge in [0.05, 0.1) is 22.3 Å². The number of aromatic nitrogens is 1. The van der Waals surface area contributed by atoms with Crippen LogP contribution in [0.25, 0.3) is 10.2 Å². The van der Waals surface area contributed by atoms with Crippen LogP contribution in [0.2, 0.25) is 0 Å². The number of aryl methyl sites for hydroxylation is 2. The molecule has 0 aliphatic heterocycles. The van der Waals surface area contributed by atoms with Gasteiger partial charge in [0.15, 0.2) is 0 Å². The van der Waals surface area contributed by atoms with Gasteiger partial charge in [0.1, 0.15) is 5.75 Å². The smallest absolute Gasteiger partial charge is 0.118 e. The number of methoxy groups -OCH3 is 1. The van der Waals surface area contributed by atoms with Gasteiger partial charge < -0.3 is 10.5 Å². The summed E-state index contributed by atoms with van der Waals surface area (Å²) in [6.07, 6.45) is 1.94. The van der Waals surface area contributed by atoms with Crippen molar-refractivity contribution in [1.82, 2.24) is 4.98 Å². The van der Waals surface area contributed by atoms with E-state index in [-0.39, 0.29) is 0 Å². The minimum Gasteiger partial charge on any atom is -0.497 e. The number of nitrogens with zero attached hydrogens (tertiary/aromatic N) is 1. The van der Waals surface area contributed by atoms with Crippen molar-refractivity contribution < 1.29 is 4.74 Å². The summed E-state index contributed by atoms with van der Waals surface area (Å²) >= 11 is 1.72. The number of benzene rings is 2. The average Bonchev–Trinajstić information content (AvgIpc) is 2.87. The minimum atomic E-state index is 0.794. The standard InChI is InChI=1S/C16H16N2OS/c1-19-13-6-2-11(3-7-13)4-9-16-18-14-8-5-12(17)10-15(14)20-16/h2-3,5-8,10H,4,9,17H2,1H3. The van der Waals surface area contributed by atoms with Crippen molar-refractivity contribution in [3.8, 4) is 5.75 Å². The normalized spacial score (nSPS) is 10.8. The minimum absolute atomic E-state index is 0.794. The summed E-state index contributed by atoms with van der Waals surface area (Å²) in [5.41, 5.74) is 8.92. The Morgan fingerprint density at radius 2 is 1.90 bits per heavy atom. The zero-order valence-corrected chi connectivity index (χ0v) is 12.1. The van der Waals surface area contributed by atoms with Crippen LogP contribution in [0.5, 0.6) is 5.75 Å². The molecule has 0 amide bonds. The third-order valence-corrected chi connectivity index (χ3v) is 4.32. The van der Waals surface area contributed by atoms with Crippen LogP contribution in [0.1, 0.15) is 10.6 Å². The maximum absolute atomic E-state index is 5.79. The monoisotopic (exact) mass is 284 g/mol. The first-order valence-electron chi connectivity index (χ1n) is 6.52. The molecule has 3 aromatic rings. The van der Waals surface area contributed by atoms with Crippen molar-refractivity contribution in [2.24, 2.45) is 0 Å². The highest BCUT2D eigenvalue weighted by Crippen LogP contribution is 2.25. The van der Waals surface area contributed by atoms with E-state index in [0.717, 1.165) is 39.5 Å². The molecule has 0 fully saturated rings. The summed E-state index contributed by atoms with van der Waals surface area (Å²) in [5.74, 6) is 0.893.